The van der Waals surface area contributed by atoms with Gasteiger partial charge in [0, 0.05) is 6.04 Å². The van der Waals surface area contributed by atoms with Crippen molar-refractivity contribution in [2.24, 2.45) is 5.73 Å². The number of aryl methyl sites for hydroxylation is 2. The monoisotopic (exact) mass is 285 g/mol. The van der Waals surface area contributed by atoms with Crippen LogP contribution < -0.4 is 10.5 Å². The van der Waals surface area contributed by atoms with Crippen molar-refractivity contribution in [1.82, 2.24) is 0 Å². The minimum absolute atomic E-state index is 0.105. The Labute approximate surface area is 124 Å². The number of hydrogen-bond acceptors (Lipinski definition) is 2. The number of hydrogen-bond donors (Lipinski definition) is 1. The average Bonchev–Trinajstić information content (AvgIpc) is 2.49. The molecule has 110 valence electrons. The third kappa shape index (κ3) is 3.08. The van der Waals surface area contributed by atoms with Crippen molar-refractivity contribution in [3.05, 3.63) is 64.5 Å². The topological polar surface area (TPSA) is 35.2 Å². The molecule has 0 heterocycles. The number of benzene rings is 2. The molecule has 3 heteroatoms. The van der Waals surface area contributed by atoms with Gasteiger partial charge in [0.15, 0.2) is 0 Å². The zero-order valence-electron chi connectivity index (χ0n) is 12.2. The molecule has 0 fully saturated rings. The van der Waals surface area contributed by atoms with E-state index in [2.05, 4.69) is 6.07 Å². The third-order valence-corrected chi connectivity index (χ3v) is 4.18. The highest BCUT2D eigenvalue weighted by atomic mass is 19.1. The number of ether oxygens (including phenoxy) is 1. The summed E-state index contributed by atoms with van der Waals surface area (Å²) < 4.78 is 19.1. The molecule has 0 aliphatic heterocycles. The fourth-order valence-corrected chi connectivity index (χ4v) is 2.86. The van der Waals surface area contributed by atoms with Gasteiger partial charge in [-0.25, -0.2) is 4.39 Å². The maximum absolute atomic E-state index is 13.3. The Morgan fingerprint density at radius 2 is 2.10 bits per heavy atom. The maximum atomic E-state index is 13.3. The number of halogens is 1. The van der Waals surface area contributed by atoms with Crippen LogP contribution in [-0.2, 0) is 13.0 Å². The summed E-state index contributed by atoms with van der Waals surface area (Å²) >= 11 is 0. The molecule has 21 heavy (non-hydrogen) atoms. The van der Waals surface area contributed by atoms with Gasteiger partial charge in [0.2, 0.25) is 0 Å². The Balaban J connectivity index is 1.76. The van der Waals surface area contributed by atoms with Crippen LogP contribution in [0.5, 0.6) is 5.75 Å². The van der Waals surface area contributed by atoms with E-state index in [-0.39, 0.29) is 11.9 Å². The molecule has 0 bridgehead atoms. The Morgan fingerprint density at radius 1 is 1.24 bits per heavy atom. The molecule has 0 radical (unpaired) electrons. The van der Waals surface area contributed by atoms with E-state index in [1.807, 2.05) is 19.1 Å². The lowest BCUT2D eigenvalue weighted by Crippen LogP contribution is -2.17. The first kappa shape index (κ1) is 14.1. The number of rotatable bonds is 3. The Hall–Kier alpha value is -1.87. The number of fused-ring (bicyclic) bond motifs is 1. The van der Waals surface area contributed by atoms with Gasteiger partial charge < -0.3 is 10.5 Å². The summed E-state index contributed by atoms with van der Waals surface area (Å²) in [5.74, 6) is 0.571. The molecule has 3 rings (SSSR count). The SMILES string of the molecule is Cc1ccc(F)cc1COc1ccc2c(c1)[C@@H](N)CCC2. The maximum Gasteiger partial charge on any atom is 0.123 e. The molecule has 1 aliphatic carbocycles. The lowest BCUT2D eigenvalue weighted by atomic mass is 9.88. The zero-order valence-corrected chi connectivity index (χ0v) is 12.2. The van der Waals surface area contributed by atoms with Gasteiger partial charge in [-0.05, 0) is 72.7 Å². The van der Waals surface area contributed by atoms with Gasteiger partial charge >= 0.3 is 0 Å². The van der Waals surface area contributed by atoms with Crippen LogP contribution in [0.25, 0.3) is 0 Å². The highest BCUT2D eigenvalue weighted by Crippen LogP contribution is 2.31. The standard InChI is InChI=1S/C18H20FNO/c1-12-5-7-15(19)9-14(12)11-21-16-8-6-13-3-2-4-18(20)17(13)10-16/h5-10,18H,2-4,11,20H2,1H3/t18-/m0/s1. The van der Waals surface area contributed by atoms with Crippen molar-refractivity contribution in [2.75, 3.05) is 0 Å². The first-order chi connectivity index (χ1) is 10.1. The van der Waals surface area contributed by atoms with Crippen LogP contribution in [-0.4, -0.2) is 0 Å². The van der Waals surface area contributed by atoms with Crippen molar-refractivity contribution < 1.29 is 9.13 Å². The average molecular weight is 285 g/mol. The fraction of sp³-hybridized carbons (Fsp3) is 0.333. The third-order valence-electron chi connectivity index (χ3n) is 4.18. The van der Waals surface area contributed by atoms with Crippen molar-refractivity contribution in [3.63, 3.8) is 0 Å². The molecule has 0 saturated heterocycles. The normalized spacial score (nSPS) is 17.4. The summed E-state index contributed by atoms with van der Waals surface area (Å²) in [5, 5.41) is 0. The second-order valence-electron chi connectivity index (χ2n) is 5.72. The summed E-state index contributed by atoms with van der Waals surface area (Å²) in [4.78, 5) is 0. The molecule has 1 atom stereocenters. The van der Waals surface area contributed by atoms with Crippen LogP contribution in [0, 0.1) is 12.7 Å². The molecule has 2 N–H and O–H groups in total. The molecule has 0 aromatic heterocycles. The predicted molar refractivity (Wildman–Crippen MR) is 81.8 cm³/mol. The van der Waals surface area contributed by atoms with Crippen LogP contribution in [0.1, 0.15) is 41.1 Å². The lowest BCUT2D eigenvalue weighted by molar-refractivity contribution is 0.304. The van der Waals surface area contributed by atoms with Crippen LogP contribution in [0.2, 0.25) is 0 Å². The summed E-state index contributed by atoms with van der Waals surface area (Å²) in [7, 11) is 0. The molecular weight excluding hydrogens is 265 g/mol. The Bertz CT molecular complexity index is 654. The molecule has 0 amide bonds. The van der Waals surface area contributed by atoms with E-state index in [0.29, 0.717) is 6.61 Å². The van der Waals surface area contributed by atoms with Gasteiger partial charge in [-0.15, -0.1) is 0 Å². The summed E-state index contributed by atoms with van der Waals surface area (Å²) in [5.41, 5.74) is 10.6. The van der Waals surface area contributed by atoms with E-state index >= 15 is 0 Å². The second-order valence-corrected chi connectivity index (χ2v) is 5.72. The van der Waals surface area contributed by atoms with Crippen molar-refractivity contribution in [3.8, 4) is 5.75 Å². The Morgan fingerprint density at radius 3 is 2.95 bits per heavy atom. The van der Waals surface area contributed by atoms with Gasteiger partial charge in [0.25, 0.3) is 0 Å². The minimum atomic E-state index is -0.230. The largest absolute Gasteiger partial charge is 0.489 e. The number of nitrogens with two attached hydrogens (primary N) is 1. The molecule has 2 aromatic carbocycles. The fourth-order valence-electron chi connectivity index (χ4n) is 2.86. The van der Waals surface area contributed by atoms with Crippen LogP contribution in [0.4, 0.5) is 4.39 Å². The van der Waals surface area contributed by atoms with Crippen molar-refractivity contribution in [1.29, 1.82) is 0 Å². The van der Waals surface area contributed by atoms with Gasteiger partial charge in [-0.1, -0.05) is 12.1 Å². The van der Waals surface area contributed by atoms with E-state index in [1.54, 1.807) is 6.07 Å². The molecule has 0 saturated carbocycles. The summed E-state index contributed by atoms with van der Waals surface area (Å²) in [6.07, 6.45) is 3.27. The van der Waals surface area contributed by atoms with Crippen LogP contribution in [0.15, 0.2) is 36.4 Å². The quantitative estimate of drug-likeness (QED) is 0.923. The van der Waals surface area contributed by atoms with E-state index in [4.69, 9.17) is 10.5 Å². The summed E-state index contributed by atoms with van der Waals surface area (Å²) in [6, 6.07) is 11.0. The minimum Gasteiger partial charge on any atom is -0.489 e. The smallest absolute Gasteiger partial charge is 0.123 e. The van der Waals surface area contributed by atoms with Gasteiger partial charge in [-0.2, -0.15) is 0 Å². The van der Waals surface area contributed by atoms with E-state index in [1.165, 1.54) is 23.3 Å². The first-order valence-corrected chi connectivity index (χ1v) is 7.40. The van der Waals surface area contributed by atoms with Crippen molar-refractivity contribution >= 4 is 0 Å². The second kappa shape index (κ2) is 5.86. The van der Waals surface area contributed by atoms with Gasteiger partial charge in [-0.3, -0.25) is 0 Å². The highest BCUT2D eigenvalue weighted by molar-refractivity contribution is 5.39. The molecule has 1 aliphatic rings. The lowest BCUT2D eigenvalue weighted by Gasteiger charge is -2.23. The van der Waals surface area contributed by atoms with Gasteiger partial charge in [0.05, 0.1) is 0 Å². The van der Waals surface area contributed by atoms with E-state index < -0.39 is 0 Å². The van der Waals surface area contributed by atoms with Crippen LogP contribution >= 0.6 is 0 Å². The van der Waals surface area contributed by atoms with Crippen LogP contribution in [0.3, 0.4) is 0 Å². The van der Waals surface area contributed by atoms with Crippen molar-refractivity contribution in [2.45, 2.75) is 38.8 Å². The van der Waals surface area contributed by atoms with E-state index in [9.17, 15) is 4.39 Å². The molecule has 2 nitrogen and oxygen atoms in total. The summed E-state index contributed by atoms with van der Waals surface area (Å²) in [6.45, 7) is 2.33. The molecule has 0 unspecified atom stereocenters. The zero-order chi connectivity index (χ0) is 14.8. The highest BCUT2D eigenvalue weighted by Gasteiger charge is 2.17. The predicted octanol–water partition coefficient (Wildman–Crippen LogP) is 4.05. The van der Waals surface area contributed by atoms with Gasteiger partial charge in [0.1, 0.15) is 18.2 Å². The Kier molecular flexibility index (Phi) is 3.93. The molecule has 0 spiro atoms. The molecule has 2 aromatic rings. The molecular formula is C18H20FNO. The first-order valence-electron chi connectivity index (χ1n) is 7.40. The van der Waals surface area contributed by atoms with E-state index in [0.717, 1.165) is 36.1 Å².